The molecule has 10 heteroatoms. The fraction of sp³-hybridized carbons (Fsp3) is 0.961. The van der Waals surface area contributed by atoms with Crippen molar-refractivity contribution < 1.29 is 42.1 Å². The number of phosphoric acid groups is 1. The molecule has 2 unspecified atom stereocenters. The summed E-state index contributed by atoms with van der Waals surface area (Å²) in [5, 5.41) is 0. The summed E-state index contributed by atoms with van der Waals surface area (Å²) in [7, 11) is 1.18. The van der Waals surface area contributed by atoms with E-state index in [0.717, 1.165) is 44.9 Å². The third-order valence-corrected chi connectivity index (χ3v) is 12.8. The Morgan fingerprint density at radius 2 is 0.738 bits per heavy atom. The van der Waals surface area contributed by atoms with E-state index in [4.69, 9.17) is 18.5 Å². The number of unbranched alkanes of at least 4 members (excludes halogenated alkanes) is 35. The molecule has 0 amide bonds. The van der Waals surface area contributed by atoms with Crippen LogP contribution >= 0.6 is 7.82 Å². The summed E-state index contributed by atoms with van der Waals surface area (Å²) in [5.74, 6) is -0.833. The highest BCUT2D eigenvalue weighted by Crippen LogP contribution is 2.38. The largest absolute Gasteiger partial charge is 0.756 e. The lowest BCUT2D eigenvalue weighted by Gasteiger charge is -2.28. The van der Waals surface area contributed by atoms with Gasteiger partial charge in [-0.05, 0) is 12.8 Å². The van der Waals surface area contributed by atoms with Crippen molar-refractivity contribution in [2.75, 3.05) is 47.5 Å². The molecule has 0 aliphatic carbocycles. The van der Waals surface area contributed by atoms with Gasteiger partial charge in [-0.2, -0.15) is 0 Å². The maximum Gasteiger partial charge on any atom is 0.306 e. The van der Waals surface area contributed by atoms with Crippen LogP contribution in [0.3, 0.4) is 0 Å². The van der Waals surface area contributed by atoms with Crippen molar-refractivity contribution in [1.29, 1.82) is 0 Å². The van der Waals surface area contributed by atoms with Crippen LogP contribution in [0.25, 0.3) is 0 Å². The number of carbonyl (C=O) groups is 2. The third kappa shape index (κ3) is 48.3. The highest BCUT2D eigenvalue weighted by Gasteiger charge is 2.21. The second kappa shape index (κ2) is 44.2. The molecule has 0 saturated heterocycles. The molecule has 9 nitrogen and oxygen atoms in total. The Hall–Kier alpha value is -0.990. The molecule has 0 saturated carbocycles. The lowest BCUT2D eigenvalue weighted by molar-refractivity contribution is -0.870. The minimum Gasteiger partial charge on any atom is -0.756 e. The number of nitrogens with zero attached hydrogens (tertiary/aromatic N) is 1. The molecule has 0 aromatic heterocycles. The maximum absolute atomic E-state index is 12.6. The standard InChI is InChI=1S/C51H102NO8P/c1-6-8-10-12-13-14-15-16-17-18-19-20-21-22-23-24-25-26-27-28-29-30-31-32-33-34-35-36-37-38-40-42-44-51(54)60-49(47-57-50(53)43-41-39-11-9-7-2)48-59-61(55,56)58-46-45-52(3,4)5/h49H,6-48H2,1-5H3. The SMILES string of the molecule is CCCCCCCCCCCCCCCCCCCCCCCCCCCCCCCCCCC(=O)OC(COC(=O)CCCCCCC)COP(=O)([O-])OCC[N+](C)(C)C. The number of ether oxygens (including phenoxy) is 2. The number of carbonyl (C=O) groups excluding carboxylic acids is 2. The Labute approximate surface area is 378 Å². The van der Waals surface area contributed by atoms with Gasteiger partial charge in [-0.15, -0.1) is 0 Å². The van der Waals surface area contributed by atoms with Gasteiger partial charge in [-0.3, -0.25) is 14.2 Å². The zero-order valence-corrected chi connectivity index (χ0v) is 42.0. The molecule has 0 rings (SSSR count). The summed E-state index contributed by atoms with van der Waals surface area (Å²) in [5.41, 5.74) is 0. The molecular formula is C51H102NO8P. The van der Waals surface area contributed by atoms with Gasteiger partial charge < -0.3 is 27.9 Å². The number of hydrogen-bond acceptors (Lipinski definition) is 8. The van der Waals surface area contributed by atoms with Gasteiger partial charge >= 0.3 is 11.9 Å². The normalized spacial score (nSPS) is 13.3. The van der Waals surface area contributed by atoms with Gasteiger partial charge in [0.15, 0.2) is 6.10 Å². The van der Waals surface area contributed by atoms with E-state index in [1.54, 1.807) is 0 Å². The molecule has 61 heavy (non-hydrogen) atoms. The second-order valence-electron chi connectivity index (χ2n) is 19.3. The Balaban J connectivity index is 3.79. The van der Waals surface area contributed by atoms with Crippen LogP contribution in [0.4, 0.5) is 0 Å². The van der Waals surface area contributed by atoms with Crippen LogP contribution in [0.15, 0.2) is 0 Å². The van der Waals surface area contributed by atoms with E-state index in [-0.39, 0.29) is 26.1 Å². The fourth-order valence-corrected chi connectivity index (χ4v) is 8.50. The van der Waals surface area contributed by atoms with E-state index < -0.39 is 32.5 Å². The fourth-order valence-electron chi connectivity index (χ4n) is 7.78. The molecule has 0 spiro atoms. The van der Waals surface area contributed by atoms with Crippen molar-refractivity contribution in [1.82, 2.24) is 0 Å². The van der Waals surface area contributed by atoms with Gasteiger partial charge in [0.25, 0.3) is 7.82 Å². The molecule has 364 valence electrons. The van der Waals surface area contributed by atoms with Crippen molar-refractivity contribution >= 4 is 19.8 Å². The van der Waals surface area contributed by atoms with E-state index in [1.807, 2.05) is 21.1 Å². The molecule has 0 N–H and O–H groups in total. The number of hydrogen-bond donors (Lipinski definition) is 0. The first-order valence-corrected chi connectivity index (χ1v) is 27.7. The summed E-state index contributed by atoms with van der Waals surface area (Å²) < 4.78 is 33.7. The zero-order chi connectivity index (χ0) is 45.0. The van der Waals surface area contributed by atoms with E-state index in [2.05, 4.69) is 13.8 Å². The summed E-state index contributed by atoms with van der Waals surface area (Å²) in [6.07, 6.45) is 48.0. The van der Waals surface area contributed by atoms with Crippen molar-refractivity contribution in [3.8, 4) is 0 Å². The van der Waals surface area contributed by atoms with Crippen LogP contribution in [0.1, 0.15) is 264 Å². The highest BCUT2D eigenvalue weighted by molar-refractivity contribution is 7.45. The number of esters is 2. The van der Waals surface area contributed by atoms with Gasteiger partial charge in [0.1, 0.15) is 19.8 Å². The molecule has 2 atom stereocenters. The number of phosphoric ester groups is 1. The molecule has 0 heterocycles. The Kier molecular flexibility index (Phi) is 43.5. The predicted molar refractivity (Wildman–Crippen MR) is 255 cm³/mol. The maximum atomic E-state index is 12.6. The van der Waals surface area contributed by atoms with Gasteiger partial charge in [0.2, 0.25) is 0 Å². The smallest absolute Gasteiger partial charge is 0.306 e. The van der Waals surface area contributed by atoms with Crippen LogP contribution in [0, 0.1) is 0 Å². The lowest BCUT2D eigenvalue weighted by Crippen LogP contribution is -2.37. The first-order valence-electron chi connectivity index (χ1n) is 26.2. The Morgan fingerprint density at radius 1 is 0.443 bits per heavy atom. The Morgan fingerprint density at radius 3 is 1.05 bits per heavy atom. The summed E-state index contributed by atoms with van der Waals surface area (Å²) in [4.78, 5) is 37.2. The predicted octanol–water partition coefficient (Wildman–Crippen LogP) is 14.9. The van der Waals surface area contributed by atoms with E-state index in [9.17, 15) is 19.0 Å². The van der Waals surface area contributed by atoms with Gasteiger partial charge in [0, 0.05) is 12.8 Å². The van der Waals surface area contributed by atoms with E-state index >= 15 is 0 Å². The quantitative estimate of drug-likeness (QED) is 0.0257. The third-order valence-electron chi connectivity index (χ3n) is 11.9. The molecule has 0 aromatic carbocycles. The first-order chi connectivity index (χ1) is 29.5. The van der Waals surface area contributed by atoms with Crippen LogP contribution < -0.4 is 4.89 Å². The molecular weight excluding hydrogens is 786 g/mol. The molecule has 0 bridgehead atoms. The second-order valence-corrected chi connectivity index (χ2v) is 20.7. The van der Waals surface area contributed by atoms with Crippen LogP contribution in [-0.4, -0.2) is 70.0 Å². The van der Waals surface area contributed by atoms with Crippen LogP contribution in [0.2, 0.25) is 0 Å². The van der Waals surface area contributed by atoms with Crippen molar-refractivity contribution in [2.24, 2.45) is 0 Å². The summed E-state index contributed by atoms with van der Waals surface area (Å²) in [6, 6.07) is 0. The average molecular weight is 888 g/mol. The monoisotopic (exact) mass is 888 g/mol. The highest BCUT2D eigenvalue weighted by atomic mass is 31.2. The average Bonchev–Trinajstić information content (AvgIpc) is 3.21. The molecule has 0 aliphatic rings. The van der Waals surface area contributed by atoms with Gasteiger partial charge in [-0.25, -0.2) is 0 Å². The van der Waals surface area contributed by atoms with Gasteiger partial charge in [-0.1, -0.05) is 239 Å². The summed E-state index contributed by atoms with van der Waals surface area (Å²) in [6.45, 7) is 4.17. The van der Waals surface area contributed by atoms with Crippen molar-refractivity contribution in [3.05, 3.63) is 0 Å². The number of quaternary nitrogens is 1. The molecule has 0 fully saturated rings. The van der Waals surface area contributed by atoms with E-state index in [1.165, 1.54) is 186 Å². The minimum absolute atomic E-state index is 0.0263. The van der Waals surface area contributed by atoms with Crippen LogP contribution in [0.5, 0.6) is 0 Å². The summed E-state index contributed by atoms with van der Waals surface area (Å²) >= 11 is 0. The molecule has 0 aromatic rings. The van der Waals surface area contributed by atoms with Crippen molar-refractivity contribution in [3.63, 3.8) is 0 Å². The number of likely N-dealkylation sites (N-methyl/N-ethyl adjacent to an activating group) is 1. The lowest BCUT2D eigenvalue weighted by atomic mass is 10.0. The topological polar surface area (TPSA) is 111 Å². The van der Waals surface area contributed by atoms with Gasteiger partial charge in [0.05, 0.1) is 27.7 Å². The molecule has 0 radical (unpaired) electrons. The molecule has 0 aliphatic heterocycles. The zero-order valence-electron chi connectivity index (χ0n) is 41.1. The minimum atomic E-state index is -4.61. The van der Waals surface area contributed by atoms with Crippen LogP contribution in [-0.2, 0) is 32.7 Å². The number of rotatable bonds is 49. The Bertz CT molecular complexity index is 1010. The van der Waals surface area contributed by atoms with E-state index in [0.29, 0.717) is 17.4 Å². The van der Waals surface area contributed by atoms with Crippen molar-refractivity contribution in [2.45, 2.75) is 270 Å². The first kappa shape index (κ1) is 60.0.